The van der Waals surface area contributed by atoms with E-state index in [1.165, 1.54) is 6.07 Å². The second-order valence-electron chi connectivity index (χ2n) is 5.13. The number of carbonyl (C=O) groups is 1. The molecule has 1 amide bonds. The Hall–Kier alpha value is -2.15. The van der Waals surface area contributed by atoms with Crippen LogP contribution in [-0.4, -0.2) is 30.0 Å². The van der Waals surface area contributed by atoms with Gasteiger partial charge in [0.1, 0.15) is 0 Å². The molecule has 1 aromatic rings. The van der Waals surface area contributed by atoms with E-state index in [2.05, 4.69) is 10.6 Å². The van der Waals surface area contributed by atoms with Crippen molar-refractivity contribution in [3.8, 4) is 5.75 Å². The van der Waals surface area contributed by atoms with Crippen LogP contribution in [0.2, 0.25) is 0 Å². The summed E-state index contributed by atoms with van der Waals surface area (Å²) >= 11 is 0. The zero-order valence-electron chi connectivity index (χ0n) is 12.1. The maximum Gasteiger partial charge on any atom is 0.310 e. The van der Waals surface area contributed by atoms with Crippen molar-refractivity contribution in [1.82, 2.24) is 10.6 Å². The molecule has 21 heavy (non-hydrogen) atoms. The van der Waals surface area contributed by atoms with E-state index in [0.717, 1.165) is 18.4 Å². The second-order valence-corrected chi connectivity index (χ2v) is 5.13. The number of ether oxygens (including phenoxy) is 1. The van der Waals surface area contributed by atoms with Gasteiger partial charge in [-0.25, -0.2) is 0 Å². The van der Waals surface area contributed by atoms with E-state index in [-0.39, 0.29) is 23.4 Å². The van der Waals surface area contributed by atoms with Gasteiger partial charge in [0, 0.05) is 18.7 Å². The van der Waals surface area contributed by atoms with Gasteiger partial charge in [-0.05, 0) is 38.4 Å². The Kier molecular flexibility index (Phi) is 4.74. The Balaban J connectivity index is 2.12. The van der Waals surface area contributed by atoms with Crippen molar-refractivity contribution in [1.29, 1.82) is 0 Å². The summed E-state index contributed by atoms with van der Waals surface area (Å²) in [5.41, 5.74) is 0.717. The number of hydrogen-bond donors (Lipinski definition) is 2. The van der Waals surface area contributed by atoms with Crippen molar-refractivity contribution >= 4 is 11.6 Å². The van der Waals surface area contributed by atoms with Gasteiger partial charge in [0.05, 0.1) is 4.92 Å². The molecule has 1 fully saturated rings. The number of nitrogens with zero attached hydrogens (tertiary/aromatic N) is 1. The number of carbonyl (C=O) groups excluding carboxylic acids is 1. The third-order valence-electron chi connectivity index (χ3n) is 3.20. The lowest BCUT2D eigenvalue weighted by Gasteiger charge is -2.15. The number of hydrogen-bond acceptors (Lipinski definition) is 5. The third-order valence-corrected chi connectivity index (χ3v) is 3.20. The van der Waals surface area contributed by atoms with Crippen molar-refractivity contribution in [3.63, 3.8) is 0 Å². The van der Waals surface area contributed by atoms with Crippen LogP contribution in [-0.2, 0) is 11.3 Å². The Labute approximate surface area is 122 Å². The molecule has 2 N–H and O–H groups in total. The fourth-order valence-corrected chi connectivity index (χ4v) is 1.91. The van der Waals surface area contributed by atoms with Gasteiger partial charge in [0.2, 0.25) is 0 Å². The largest absolute Gasteiger partial charge is 0.474 e. The molecule has 0 aromatic heterocycles. The highest BCUT2D eigenvalue weighted by Gasteiger charge is 2.27. The molecule has 1 aromatic carbocycles. The normalized spacial score (nSPS) is 15.3. The smallest absolute Gasteiger partial charge is 0.310 e. The molecular weight excluding hydrogens is 274 g/mol. The summed E-state index contributed by atoms with van der Waals surface area (Å²) in [5, 5.41) is 16.8. The molecule has 114 valence electrons. The Morgan fingerprint density at radius 3 is 2.81 bits per heavy atom. The standard InChI is InChI=1S/C14H19N3O4/c1-9(14(18)16-11-4-5-11)21-13-7-10(8-15-2)3-6-12(13)17(19)20/h3,6-7,9,11,15H,4-5,8H2,1-2H3,(H,16,18). The van der Waals surface area contributed by atoms with E-state index >= 15 is 0 Å². The summed E-state index contributed by atoms with van der Waals surface area (Å²) in [6.45, 7) is 2.16. The minimum atomic E-state index is -0.769. The lowest BCUT2D eigenvalue weighted by Crippen LogP contribution is -2.37. The van der Waals surface area contributed by atoms with E-state index in [4.69, 9.17) is 4.74 Å². The molecule has 0 aliphatic heterocycles. The van der Waals surface area contributed by atoms with Gasteiger partial charge in [-0.15, -0.1) is 0 Å². The second kappa shape index (κ2) is 6.53. The van der Waals surface area contributed by atoms with E-state index in [0.29, 0.717) is 6.54 Å². The first-order valence-electron chi connectivity index (χ1n) is 6.90. The van der Waals surface area contributed by atoms with Crippen LogP contribution in [0.5, 0.6) is 5.75 Å². The minimum absolute atomic E-state index is 0.117. The Morgan fingerprint density at radius 2 is 2.24 bits per heavy atom. The van der Waals surface area contributed by atoms with Crippen molar-refractivity contribution in [2.45, 2.75) is 38.5 Å². The number of nitro groups is 1. The quantitative estimate of drug-likeness (QED) is 0.585. The molecule has 1 unspecified atom stereocenters. The zero-order chi connectivity index (χ0) is 15.4. The average Bonchev–Trinajstić information content (AvgIpc) is 3.23. The van der Waals surface area contributed by atoms with Crippen LogP contribution in [0.4, 0.5) is 5.69 Å². The third kappa shape index (κ3) is 4.16. The van der Waals surface area contributed by atoms with Gasteiger partial charge in [-0.1, -0.05) is 6.07 Å². The lowest BCUT2D eigenvalue weighted by atomic mass is 10.2. The predicted molar refractivity (Wildman–Crippen MR) is 77.1 cm³/mol. The van der Waals surface area contributed by atoms with Gasteiger partial charge >= 0.3 is 5.69 Å². The summed E-state index contributed by atoms with van der Waals surface area (Å²) in [5.74, 6) is -0.128. The highest BCUT2D eigenvalue weighted by Crippen LogP contribution is 2.29. The van der Waals surface area contributed by atoms with E-state index in [9.17, 15) is 14.9 Å². The van der Waals surface area contributed by atoms with Crippen molar-refractivity contribution in [2.24, 2.45) is 0 Å². The van der Waals surface area contributed by atoms with Crippen LogP contribution in [0.25, 0.3) is 0 Å². The van der Waals surface area contributed by atoms with Crippen LogP contribution >= 0.6 is 0 Å². The molecule has 7 nitrogen and oxygen atoms in total. The maximum absolute atomic E-state index is 11.9. The molecule has 2 rings (SSSR count). The van der Waals surface area contributed by atoms with E-state index in [1.54, 1.807) is 26.1 Å². The molecule has 0 radical (unpaired) electrons. The Morgan fingerprint density at radius 1 is 1.52 bits per heavy atom. The lowest BCUT2D eigenvalue weighted by molar-refractivity contribution is -0.386. The maximum atomic E-state index is 11.9. The van der Waals surface area contributed by atoms with Gasteiger partial charge < -0.3 is 15.4 Å². The fraction of sp³-hybridized carbons (Fsp3) is 0.500. The monoisotopic (exact) mass is 293 g/mol. The highest BCUT2D eigenvalue weighted by atomic mass is 16.6. The molecule has 1 saturated carbocycles. The molecule has 1 aliphatic rings. The first-order valence-corrected chi connectivity index (χ1v) is 6.90. The van der Waals surface area contributed by atoms with Crippen LogP contribution in [0, 0.1) is 10.1 Å². The van der Waals surface area contributed by atoms with Crippen molar-refractivity contribution < 1.29 is 14.5 Å². The van der Waals surface area contributed by atoms with Crippen molar-refractivity contribution in [2.75, 3.05) is 7.05 Å². The zero-order valence-corrected chi connectivity index (χ0v) is 12.1. The van der Waals surface area contributed by atoms with Crippen LogP contribution in [0.1, 0.15) is 25.3 Å². The molecule has 0 spiro atoms. The van der Waals surface area contributed by atoms with E-state index in [1.807, 2.05) is 0 Å². The van der Waals surface area contributed by atoms with Crippen LogP contribution < -0.4 is 15.4 Å². The molecule has 1 aliphatic carbocycles. The van der Waals surface area contributed by atoms with Crippen LogP contribution in [0.15, 0.2) is 18.2 Å². The first-order chi connectivity index (χ1) is 10.0. The average molecular weight is 293 g/mol. The number of amides is 1. The summed E-state index contributed by atoms with van der Waals surface area (Å²) in [6.07, 6.45) is 1.20. The SMILES string of the molecule is CNCc1ccc([N+](=O)[O-])c(OC(C)C(=O)NC2CC2)c1. The number of nitrogens with one attached hydrogen (secondary N) is 2. The van der Waals surface area contributed by atoms with E-state index < -0.39 is 11.0 Å². The number of rotatable bonds is 7. The minimum Gasteiger partial charge on any atom is -0.474 e. The first kappa shape index (κ1) is 15.2. The van der Waals surface area contributed by atoms with Crippen molar-refractivity contribution in [3.05, 3.63) is 33.9 Å². The molecule has 0 bridgehead atoms. The van der Waals surface area contributed by atoms with Gasteiger partial charge in [0.25, 0.3) is 5.91 Å². The topological polar surface area (TPSA) is 93.5 Å². The van der Waals surface area contributed by atoms with Crippen LogP contribution in [0.3, 0.4) is 0 Å². The van der Waals surface area contributed by atoms with Gasteiger partial charge in [0.15, 0.2) is 11.9 Å². The van der Waals surface area contributed by atoms with Gasteiger partial charge in [-0.3, -0.25) is 14.9 Å². The number of benzene rings is 1. The Bertz CT molecular complexity index is 543. The van der Waals surface area contributed by atoms with Gasteiger partial charge in [-0.2, -0.15) is 0 Å². The predicted octanol–water partition coefficient (Wildman–Crippen LogP) is 1.36. The summed E-state index contributed by atoms with van der Waals surface area (Å²) < 4.78 is 5.50. The highest BCUT2D eigenvalue weighted by molar-refractivity contribution is 5.81. The molecule has 0 heterocycles. The molecule has 7 heteroatoms. The molecular formula is C14H19N3O4. The summed E-state index contributed by atoms with van der Waals surface area (Å²) in [7, 11) is 1.79. The fourth-order valence-electron chi connectivity index (χ4n) is 1.91. The summed E-state index contributed by atoms with van der Waals surface area (Å²) in [6, 6.07) is 4.88. The number of nitro benzene ring substituents is 1. The molecule has 0 saturated heterocycles. The molecule has 1 atom stereocenters. The summed E-state index contributed by atoms with van der Waals surface area (Å²) in [4.78, 5) is 22.4.